The molecule has 6 heteroatoms. The second kappa shape index (κ2) is 5.69. The molecule has 3 aromatic heterocycles. The molecule has 0 radical (unpaired) electrons. The summed E-state index contributed by atoms with van der Waals surface area (Å²) in [5.41, 5.74) is 3.48. The van der Waals surface area contributed by atoms with Crippen LogP contribution in [0.2, 0.25) is 0 Å². The van der Waals surface area contributed by atoms with Gasteiger partial charge in [-0.15, -0.1) is 0 Å². The number of pyridine rings is 1. The first-order valence-electron chi connectivity index (χ1n) is 8.78. The number of aromatic nitrogens is 3. The Morgan fingerprint density at radius 2 is 2.15 bits per heavy atom. The maximum atomic E-state index is 12.6. The molecule has 26 heavy (non-hydrogen) atoms. The van der Waals surface area contributed by atoms with Crippen molar-refractivity contribution in [3.63, 3.8) is 0 Å². The van der Waals surface area contributed by atoms with Gasteiger partial charge in [0.2, 0.25) is 5.91 Å². The van der Waals surface area contributed by atoms with Crippen molar-refractivity contribution in [1.29, 1.82) is 0 Å². The van der Waals surface area contributed by atoms with Crippen molar-refractivity contribution in [3.05, 3.63) is 60.2 Å². The number of nitrogens with zero attached hydrogens (tertiary/aromatic N) is 2. The van der Waals surface area contributed by atoms with E-state index >= 15 is 0 Å². The van der Waals surface area contributed by atoms with Gasteiger partial charge in [0.15, 0.2) is 5.58 Å². The Hall–Kier alpha value is -3.15. The molecule has 0 aliphatic heterocycles. The molecule has 3 atom stereocenters. The van der Waals surface area contributed by atoms with Crippen molar-refractivity contribution in [3.8, 4) is 0 Å². The standard InChI is InChI=1S/C20H18N4O2/c1-11(18-10-16-17(26-18)7-4-8-21-16)22-20(25)13-9-12(13)19-23-14-5-2-3-6-15(14)24-19/h2-8,10-13H,9H2,1H3,(H,22,25)(H,23,24)/t11?,12-,13?/m0/s1. The molecule has 1 aliphatic rings. The highest BCUT2D eigenvalue weighted by Crippen LogP contribution is 2.47. The number of imidazole rings is 1. The summed E-state index contributed by atoms with van der Waals surface area (Å²) in [6, 6.07) is 13.3. The number of fused-ring (bicyclic) bond motifs is 2. The van der Waals surface area contributed by atoms with E-state index in [0.29, 0.717) is 5.76 Å². The molecule has 1 amide bonds. The van der Waals surface area contributed by atoms with Gasteiger partial charge in [-0.05, 0) is 37.6 Å². The van der Waals surface area contributed by atoms with Crippen molar-refractivity contribution in [2.24, 2.45) is 5.92 Å². The number of nitrogens with one attached hydrogen (secondary N) is 2. The molecule has 2 unspecified atom stereocenters. The first-order valence-corrected chi connectivity index (χ1v) is 8.78. The first-order chi connectivity index (χ1) is 12.7. The average molecular weight is 346 g/mol. The summed E-state index contributed by atoms with van der Waals surface area (Å²) < 4.78 is 5.79. The van der Waals surface area contributed by atoms with Crippen LogP contribution in [0.25, 0.3) is 22.1 Å². The predicted molar refractivity (Wildman–Crippen MR) is 97.5 cm³/mol. The van der Waals surface area contributed by atoms with Crippen LogP contribution >= 0.6 is 0 Å². The third kappa shape index (κ3) is 2.54. The molecule has 130 valence electrons. The number of benzene rings is 1. The highest BCUT2D eigenvalue weighted by molar-refractivity contribution is 5.84. The fourth-order valence-electron chi connectivity index (χ4n) is 3.43. The van der Waals surface area contributed by atoms with Gasteiger partial charge in [0.05, 0.1) is 17.1 Å². The normalized spacial score (nSPS) is 20.3. The second-order valence-corrected chi connectivity index (χ2v) is 6.85. The van der Waals surface area contributed by atoms with E-state index in [1.807, 2.05) is 49.4 Å². The van der Waals surface area contributed by atoms with Gasteiger partial charge in [-0.3, -0.25) is 9.78 Å². The minimum Gasteiger partial charge on any atom is -0.457 e. The van der Waals surface area contributed by atoms with Gasteiger partial charge in [0.25, 0.3) is 0 Å². The lowest BCUT2D eigenvalue weighted by Gasteiger charge is -2.10. The summed E-state index contributed by atoms with van der Waals surface area (Å²) in [5, 5.41) is 3.05. The van der Waals surface area contributed by atoms with E-state index in [4.69, 9.17) is 4.42 Å². The van der Waals surface area contributed by atoms with Gasteiger partial charge < -0.3 is 14.7 Å². The summed E-state index contributed by atoms with van der Waals surface area (Å²) in [7, 11) is 0. The molecule has 0 spiro atoms. The maximum Gasteiger partial charge on any atom is 0.224 e. The van der Waals surface area contributed by atoms with E-state index in [0.717, 1.165) is 34.4 Å². The van der Waals surface area contributed by atoms with Crippen LogP contribution in [-0.4, -0.2) is 20.9 Å². The van der Waals surface area contributed by atoms with Crippen molar-refractivity contribution in [2.75, 3.05) is 0 Å². The molecule has 6 nitrogen and oxygen atoms in total. The fraction of sp³-hybridized carbons (Fsp3) is 0.250. The van der Waals surface area contributed by atoms with Crippen molar-refractivity contribution >= 4 is 28.0 Å². The lowest BCUT2D eigenvalue weighted by molar-refractivity contribution is -0.123. The molecule has 1 fully saturated rings. The molecule has 1 saturated carbocycles. The Morgan fingerprint density at radius 1 is 1.27 bits per heavy atom. The van der Waals surface area contributed by atoms with Crippen LogP contribution in [0.1, 0.15) is 36.9 Å². The molecular weight excluding hydrogens is 328 g/mol. The zero-order chi connectivity index (χ0) is 17.7. The van der Waals surface area contributed by atoms with Crippen molar-refractivity contribution in [2.45, 2.75) is 25.3 Å². The number of hydrogen-bond donors (Lipinski definition) is 2. The van der Waals surface area contributed by atoms with Gasteiger partial charge >= 0.3 is 0 Å². The largest absolute Gasteiger partial charge is 0.457 e. The number of rotatable bonds is 4. The van der Waals surface area contributed by atoms with Gasteiger partial charge in [-0.25, -0.2) is 4.98 Å². The Bertz CT molecular complexity index is 1050. The van der Waals surface area contributed by atoms with Gasteiger partial charge in [-0.1, -0.05) is 12.1 Å². The molecule has 2 N–H and O–H groups in total. The third-order valence-electron chi connectivity index (χ3n) is 4.98. The zero-order valence-corrected chi connectivity index (χ0v) is 14.3. The second-order valence-electron chi connectivity index (χ2n) is 6.85. The quantitative estimate of drug-likeness (QED) is 0.590. The van der Waals surface area contributed by atoms with E-state index in [2.05, 4.69) is 20.3 Å². The summed E-state index contributed by atoms with van der Waals surface area (Å²) in [4.78, 5) is 24.8. The smallest absolute Gasteiger partial charge is 0.224 e. The predicted octanol–water partition coefficient (Wildman–Crippen LogP) is 3.69. The number of hydrogen-bond acceptors (Lipinski definition) is 4. The molecule has 1 aliphatic carbocycles. The summed E-state index contributed by atoms with van der Waals surface area (Å²) in [6.45, 7) is 1.92. The van der Waals surface area contributed by atoms with Gasteiger partial charge in [-0.2, -0.15) is 0 Å². The lowest BCUT2D eigenvalue weighted by Crippen LogP contribution is -2.28. The molecule has 5 rings (SSSR count). The van der Waals surface area contributed by atoms with Crippen LogP contribution in [0.15, 0.2) is 53.1 Å². The topological polar surface area (TPSA) is 83.8 Å². The number of amides is 1. The number of carbonyl (C=O) groups is 1. The summed E-state index contributed by atoms with van der Waals surface area (Å²) in [6.07, 6.45) is 2.55. The van der Waals surface area contributed by atoms with Crippen molar-refractivity contribution in [1.82, 2.24) is 20.3 Å². The van der Waals surface area contributed by atoms with E-state index in [-0.39, 0.29) is 23.8 Å². The van der Waals surface area contributed by atoms with Gasteiger partial charge in [0, 0.05) is 24.1 Å². The Kier molecular flexibility index (Phi) is 3.31. The number of carbonyl (C=O) groups excluding carboxylic acids is 1. The Balaban J connectivity index is 1.28. The van der Waals surface area contributed by atoms with E-state index in [9.17, 15) is 4.79 Å². The van der Waals surface area contributed by atoms with Crippen LogP contribution in [0.3, 0.4) is 0 Å². The zero-order valence-electron chi connectivity index (χ0n) is 14.3. The highest BCUT2D eigenvalue weighted by atomic mass is 16.3. The minimum atomic E-state index is -0.200. The molecular formula is C20H18N4O2. The van der Waals surface area contributed by atoms with Crippen LogP contribution in [0, 0.1) is 5.92 Å². The number of furan rings is 1. The number of para-hydroxylation sites is 2. The lowest BCUT2D eigenvalue weighted by atomic mass is 10.2. The number of aromatic amines is 1. The third-order valence-corrected chi connectivity index (χ3v) is 4.98. The molecule has 3 heterocycles. The minimum absolute atomic E-state index is 0.0383. The van der Waals surface area contributed by atoms with Crippen LogP contribution in [0.4, 0.5) is 0 Å². The molecule has 4 aromatic rings. The Morgan fingerprint density at radius 3 is 3.00 bits per heavy atom. The average Bonchev–Trinajstić information content (AvgIpc) is 3.14. The first kappa shape index (κ1) is 15.1. The fourth-order valence-corrected chi connectivity index (χ4v) is 3.43. The van der Waals surface area contributed by atoms with Crippen molar-refractivity contribution < 1.29 is 9.21 Å². The van der Waals surface area contributed by atoms with Crippen LogP contribution in [0.5, 0.6) is 0 Å². The highest BCUT2D eigenvalue weighted by Gasteiger charge is 2.46. The summed E-state index contributed by atoms with van der Waals surface area (Å²) in [5.74, 6) is 1.77. The SMILES string of the molecule is CC(NC(=O)C1C[C@@H]1c1nc2ccccc2[nH]1)c1cc2ncccc2o1. The Labute approximate surface area is 149 Å². The van der Waals surface area contributed by atoms with Crippen LogP contribution < -0.4 is 5.32 Å². The maximum absolute atomic E-state index is 12.6. The van der Waals surface area contributed by atoms with Gasteiger partial charge in [0.1, 0.15) is 17.1 Å². The number of H-pyrrole nitrogens is 1. The van der Waals surface area contributed by atoms with E-state index in [1.165, 1.54) is 0 Å². The monoisotopic (exact) mass is 346 g/mol. The van der Waals surface area contributed by atoms with E-state index < -0.39 is 0 Å². The molecule has 0 bridgehead atoms. The molecule has 1 aromatic carbocycles. The van der Waals surface area contributed by atoms with E-state index in [1.54, 1.807) is 6.20 Å². The van der Waals surface area contributed by atoms with Crippen LogP contribution in [-0.2, 0) is 4.79 Å². The summed E-state index contributed by atoms with van der Waals surface area (Å²) >= 11 is 0. The molecule has 0 saturated heterocycles.